The third kappa shape index (κ3) is 2.74. The van der Waals surface area contributed by atoms with E-state index in [9.17, 15) is 4.79 Å². The summed E-state index contributed by atoms with van der Waals surface area (Å²) in [6.45, 7) is 1.35. The van der Waals surface area contributed by atoms with Crippen molar-refractivity contribution < 1.29 is 4.79 Å². The molecule has 3 aromatic rings. The highest BCUT2D eigenvalue weighted by Crippen LogP contribution is 2.39. The van der Waals surface area contributed by atoms with Crippen LogP contribution in [0.25, 0.3) is 11.3 Å². The van der Waals surface area contributed by atoms with Crippen LogP contribution in [-0.4, -0.2) is 43.9 Å². The Hall–Kier alpha value is -2.54. The van der Waals surface area contributed by atoms with Crippen LogP contribution in [0.1, 0.15) is 40.3 Å². The zero-order valence-corrected chi connectivity index (χ0v) is 14.4. The zero-order chi connectivity index (χ0) is 16.8. The Morgan fingerprint density at radius 1 is 1.16 bits per heavy atom. The number of carbonyl (C=O) groups is 1. The summed E-state index contributed by atoms with van der Waals surface area (Å²) in [5.41, 5.74) is 2.99. The molecule has 7 heteroatoms. The molecule has 1 aliphatic carbocycles. The second kappa shape index (κ2) is 5.77. The molecule has 126 valence electrons. The number of benzene rings is 1. The van der Waals surface area contributed by atoms with Gasteiger partial charge in [-0.15, -0.1) is 16.4 Å². The molecule has 2 aliphatic rings. The molecule has 0 radical (unpaired) electrons. The molecule has 2 aromatic heterocycles. The minimum atomic E-state index is 0.00552. The van der Waals surface area contributed by atoms with Gasteiger partial charge in [0.25, 0.3) is 5.91 Å². The van der Waals surface area contributed by atoms with Gasteiger partial charge in [-0.25, -0.2) is 9.67 Å². The lowest BCUT2D eigenvalue weighted by Crippen LogP contribution is -2.50. The zero-order valence-electron chi connectivity index (χ0n) is 13.6. The maximum atomic E-state index is 12.6. The lowest BCUT2D eigenvalue weighted by Gasteiger charge is -2.38. The molecular weight excluding hydrogens is 334 g/mol. The van der Waals surface area contributed by atoms with Crippen molar-refractivity contribution in [2.24, 2.45) is 0 Å². The van der Waals surface area contributed by atoms with E-state index in [1.807, 2.05) is 51.5 Å². The Balaban J connectivity index is 1.24. The summed E-state index contributed by atoms with van der Waals surface area (Å²) in [7, 11) is 0. The minimum absolute atomic E-state index is 0.00552. The van der Waals surface area contributed by atoms with Crippen molar-refractivity contribution in [3.8, 4) is 11.3 Å². The van der Waals surface area contributed by atoms with Crippen molar-refractivity contribution in [1.82, 2.24) is 24.9 Å². The highest BCUT2D eigenvalue weighted by atomic mass is 32.1. The standard InChI is InChI=1S/C18H17N5OS/c24-18(17-19-16(11-25-17)12-4-2-1-3-5-12)22-8-14(9-22)23-10-15(20-21-23)13-6-7-13/h1-5,10-11,13-14H,6-9H2. The van der Waals surface area contributed by atoms with Gasteiger partial charge < -0.3 is 4.90 Å². The van der Waals surface area contributed by atoms with Crippen LogP contribution < -0.4 is 0 Å². The van der Waals surface area contributed by atoms with Crippen LogP contribution in [0.2, 0.25) is 0 Å². The van der Waals surface area contributed by atoms with Crippen LogP contribution in [0, 0.1) is 0 Å². The molecule has 6 nitrogen and oxygen atoms in total. The number of hydrogen-bond donors (Lipinski definition) is 0. The number of hydrogen-bond acceptors (Lipinski definition) is 5. The van der Waals surface area contributed by atoms with Gasteiger partial charge in [0.2, 0.25) is 0 Å². The molecule has 1 saturated carbocycles. The number of amides is 1. The third-order valence-electron chi connectivity index (χ3n) is 4.80. The Morgan fingerprint density at radius 2 is 1.96 bits per heavy atom. The van der Waals surface area contributed by atoms with Crippen LogP contribution in [0.15, 0.2) is 41.9 Å². The average molecular weight is 351 g/mol. The molecule has 1 amide bonds. The fourth-order valence-electron chi connectivity index (χ4n) is 3.07. The van der Waals surface area contributed by atoms with E-state index in [0.717, 1.165) is 17.0 Å². The lowest BCUT2D eigenvalue weighted by molar-refractivity contribution is 0.0498. The molecule has 1 aromatic carbocycles. The van der Waals surface area contributed by atoms with Crippen LogP contribution >= 0.6 is 11.3 Å². The number of rotatable bonds is 4. The number of aromatic nitrogens is 4. The van der Waals surface area contributed by atoms with Crippen LogP contribution in [0.4, 0.5) is 0 Å². The lowest BCUT2D eigenvalue weighted by atomic mass is 10.1. The molecule has 5 rings (SSSR count). The van der Waals surface area contributed by atoms with E-state index in [1.54, 1.807) is 0 Å². The van der Waals surface area contributed by atoms with Crippen molar-refractivity contribution >= 4 is 17.2 Å². The van der Waals surface area contributed by atoms with Gasteiger partial charge in [-0.3, -0.25) is 4.79 Å². The van der Waals surface area contributed by atoms with E-state index >= 15 is 0 Å². The van der Waals surface area contributed by atoms with E-state index in [-0.39, 0.29) is 11.9 Å². The quantitative estimate of drug-likeness (QED) is 0.725. The van der Waals surface area contributed by atoms with Gasteiger partial charge in [0.05, 0.1) is 17.4 Å². The first-order valence-corrected chi connectivity index (χ1v) is 9.38. The van der Waals surface area contributed by atoms with Gasteiger partial charge in [-0.05, 0) is 12.8 Å². The average Bonchev–Trinajstić information content (AvgIpc) is 3.14. The topological polar surface area (TPSA) is 63.9 Å². The fraction of sp³-hybridized carbons (Fsp3) is 0.333. The van der Waals surface area contributed by atoms with E-state index in [0.29, 0.717) is 24.0 Å². The highest BCUT2D eigenvalue weighted by molar-refractivity contribution is 7.12. The Labute approximate surface area is 149 Å². The maximum Gasteiger partial charge on any atom is 0.282 e. The maximum absolute atomic E-state index is 12.6. The third-order valence-corrected chi connectivity index (χ3v) is 5.63. The van der Waals surface area contributed by atoms with E-state index in [2.05, 4.69) is 15.3 Å². The smallest absolute Gasteiger partial charge is 0.282 e. The molecule has 1 aliphatic heterocycles. The molecular formula is C18H17N5OS. The molecule has 25 heavy (non-hydrogen) atoms. The monoisotopic (exact) mass is 351 g/mol. The molecule has 1 saturated heterocycles. The van der Waals surface area contributed by atoms with Crippen molar-refractivity contribution in [3.63, 3.8) is 0 Å². The van der Waals surface area contributed by atoms with Gasteiger partial charge in [0, 0.05) is 36.1 Å². The summed E-state index contributed by atoms with van der Waals surface area (Å²) in [6.07, 6.45) is 4.49. The molecule has 0 N–H and O–H groups in total. The van der Waals surface area contributed by atoms with Crippen molar-refractivity contribution in [3.05, 3.63) is 52.6 Å². The summed E-state index contributed by atoms with van der Waals surface area (Å²) in [6, 6.07) is 10.2. The predicted molar refractivity (Wildman–Crippen MR) is 94.5 cm³/mol. The van der Waals surface area contributed by atoms with Gasteiger partial charge in [-0.2, -0.15) is 0 Å². The first kappa shape index (κ1) is 14.8. The first-order chi connectivity index (χ1) is 12.3. The van der Waals surface area contributed by atoms with E-state index < -0.39 is 0 Å². The fourth-order valence-corrected chi connectivity index (χ4v) is 3.87. The molecule has 3 heterocycles. The predicted octanol–water partition coefficient (Wildman–Crippen LogP) is 2.98. The number of thiazole rings is 1. The van der Waals surface area contributed by atoms with E-state index in [4.69, 9.17) is 0 Å². The SMILES string of the molecule is O=C(c1nc(-c2ccccc2)cs1)N1CC(n2cc(C3CC3)nn2)C1. The van der Waals surface area contributed by atoms with Crippen molar-refractivity contribution in [2.75, 3.05) is 13.1 Å². The summed E-state index contributed by atoms with van der Waals surface area (Å²) in [5, 5.41) is 11.0. The highest BCUT2D eigenvalue weighted by Gasteiger charge is 2.35. The second-order valence-corrected chi connectivity index (χ2v) is 7.52. The normalized spacial score (nSPS) is 17.5. The minimum Gasteiger partial charge on any atom is -0.332 e. The number of carbonyl (C=O) groups excluding carboxylic acids is 1. The van der Waals surface area contributed by atoms with Crippen molar-refractivity contribution in [2.45, 2.75) is 24.8 Å². The second-order valence-electron chi connectivity index (χ2n) is 6.67. The van der Waals surface area contributed by atoms with Gasteiger partial charge >= 0.3 is 0 Å². The van der Waals surface area contributed by atoms with Crippen molar-refractivity contribution in [1.29, 1.82) is 0 Å². The number of nitrogens with zero attached hydrogens (tertiary/aromatic N) is 5. The summed E-state index contributed by atoms with van der Waals surface area (Å²) in [5.74, 6) is 0.615. The first-order valence-electron chi connectivity index (χ1n) is 8.50. The summed E-state index contributed by atoms with van der Waals surface area (Å²) < 4.78 is 1.91. The molecule has 0 spiro atoms. The van der Waals surface area contributed by atoms with Gasteiger partial charge in [0.1, 0.15) is 0 Å². The summed E-state index contributed by atoms with van der Waals surface area (Å²) >= 11 is 1.41. The van der Waals surface area contributed by atoms with E-state index in [1.165, 1.54) is 24.2 Å². The van der Waals surface area contributed by atoms with Crippen LogP contribution in [0.3, 0.4) is 0 Å². The molecule has 0 unspecified atom stereocenters. The largest absolute Gasteiger partial charge is 0.332 e. The Kier molecular flexibility index (Phi) is 3.41. The molecule has 0 bridgehead atoms. The molecule has 2 fully saturated rings. The van der Waals surface area contributed by atoms with Crippen LogP contribution in [0.5, 0.6) is 0 Å². The van der Waals surface area contributed by atoms with Gasteiger partial charge in [-0.1, -0.05) is 35.5 Å². The summed E-state index contributed by atoms with van der Waals surface area (Å²) in [4.78, 5) is 18.9. The molecule has 0 atom stereocenters. The Morgan fingerprint density at radius 3 is 2.72 bits per heavy atom. The van der Waals surface area contributed by atoms with Crippen LogP contribution in [-0.2, 0) is 0 Å². The Bertz CT molecular complexity index is 908. The number of likely N-dealkylation sites (tertiary alicyclic amines) is 1. The van der Waals surface area contributed by atoms with Gasteiger partial charge in [0.15, 0.2) is 5.01 Å².